The number of hydrogen-bond acceptors (Lipinski definition) is 2. The summed E-state index contributed by atoms with van der Waals surface area (Å²) in [5.41, 5.74) is 1.29. The second-order valence-electron chi connectivity index (χ2n) is 3.73. The Bertz CT molecular complexity index is 680. The maximum absolute atomic E-state index is 13.4. The first-order chi connectivity index (χ1) is 9.02. The number of benzene rings is 1. The van der Waals surface area contributed by atoms with Crippen LogP contribution in [-0.2, 0) is 6.42 Å². The molecule has 6 heteroatoms. The lowest BCUT2D eigenvalue weighted by Crippen LogP contribution is -1.95. The zero-order valence-corrected chi connectivity index (χ0v) is 11.7. The summed E-state index contributed by atoms with van der Waals surface area (Å²) in [4.78, 5) is 3.90. The molecule has 0 atom stereocenters. The van der Waals surface area contributed by atoms with Gasteiger partial charge in [-0.1, -0.05) is 34.8 Å². The maximum atomic E-state index is 13.4. The number of aromatic nitrogens is 1. The lowest BCUT2D eigenvalue weighted by molar-refractivity contribution is 0.620. The van der Waals surface area contributed by atoms with Crippen molar-refractivity contribution in [2.24, 2.45) is 0 Å². The molecule has 0 aliphatic heterocycles. The molecule has 0 saturated heterocycles. The minimum Gasteiger partial charge on any atom is -0.257 e. The summed E-state index contributed by atoms with van der Waals surface area (Å²) in [5, 5.41) is 9.65. The van der Waals surface area contributed by atoms with Crippen LogP contribution in [0.15, 0.2) is 24.4 Å². The molecule has 0 unspecified atom stereocenters. The monoisotopic (exact) mass is 314 g/mol. The van der Waals surface area contributed by atoms with Crippen LogP contribution in [0.25, 0.3) is 11.1 Å². The summed E-state index contributed by atoms with van der Waals surface area (Å²) in [6.45, 7) is 0. The van der Waals surface area contributed by atoms with Crippen molar-refractivity contribution < 1.29 is 4.39 Å². The summed E-state index contributed by atoms with van der Waals surface area (Å²) < 4.78 is 13.4. The van der Waals surface area contributed by atoms with Crippen molar-refractivity contribution in [3.63, 3.8) is 0 Å². The van der Waals surface area contributed by atoms with Crippen LogP contribution >= 0.6 is 34.8 Å². The Balaban J connectivity index is 2.71. The van der Waals surface area contributed by atoms with Crippen molar-refractivity contribution in [1.82, 2.24) is 4.98 Å². The van der Waals surface area contributed by atoms with E-state index in [9.17, 15) is 4.39 Å². The van der Waals surface area contributed by atoms with Gasteiger partial charge in [0.05, 0.1) is 34.4 Å². The molecule has 2 aromatic rings. The smallest absolute Gasteiger partial charge is 0.142 e. The van der Waals surface area contributed by atoms with E-state index in [1.54, 1.807) is 6.07 Å². The fourth-order valence-electron chi connectivity index (χ4n) is 1.67. The highest BCUT2D eigenvalue weighted by Gasteiger charge is 2.14. The summed E-state index contributed by atoms with van der Waals surface area (Å²) in [7, 11) is 0. The van der Waals surface area contributed by atoms with Gasteiger partial charge in [-0.05, 0) is 18.2 Å². The summed E-state index contributed by atoms with van der Waals surface area (Å²) in [6, 6.07) is 6.28. The Hall–Kier alpha value is -1.34. The molecule has 1 aromatic carbocycles. The summed E-state index contributed by atoms with van der Waals surface area (Å²) in [6.07, 6.45) is 1.09. The molecule has 2 rings (SSSR count). The van der Waals surface area contributed by atoms with E-state index < -0.39 is 5.82 Å². The van der Waals surface area contributed by atoms with Gasteiger partial charge < -0.3 is 0 Å². The van der Waals surface area contributed by atoms with E-state index in [-0.39, 0.29) is 16.5 Å². The lowest BCUT2D eigenvalue weighted by atomic mass is 10.0. The van der Waals surface area contributed by atoms with Gasteiger partial charge in [0.2, 0.25) is 0 Å². The van der Waals surface area contributed by atoms with Crippen LogP contribution in [0.1, 0.15) is 5.69 Å². The Labute approximate surface area is 124 Å². The molecule has 2 nitrogen and oxygen atoms in total. The van der Waals surface area contributed by atoms with Gasteiger partial charge in [-0.2, -0.15) is 5.26 Å². The SMILES string of the molecule is N#CCc1ncc(F)cc1-c1cc(Cl)cc(Cl)c1Cl. The molecular formula is C13H6Cl3FN2. The molecule has 1 aromatic heterocycles. The fraction of sp³-hybridized carbons (Fsp3) is 0.0769. The third-order valence-corrected chi connectivity index (χ3v) is 3.49. The second kappa shape index (κ2) is 5.75. The second-order valence-corrected chi connectivity index (χ2v) is 4.95. The van der Waals surface area contributed by atoms with Gasteiger partial charge >= 0.3 is 0 Å². The van der Waals surface area contributed by atoms with Crippen molar-refractivity contribution in [3.8, 4) is 17.2 Å². The quantitative estimate of drug-likeness (QED) is 0.738. The zero-order valence-electron chi connectivity index (χ0n) is 9.42. The van der Waals surface area contributed by atoms with Gasteiger partial charge in [-0.3, -0.25) is 4.98 Å². The maximum Gasteiger partial charge on any atom is 0.142 e. The lowest BCUT2D eigenvalue weighted by Gasteiger charge is -2.10. The first-order valence-corrected chi connectivity index (χ1v) is 6.32. The van der Waals surface area contributed by atoms with Gasteiger partial charge in [-0.15, -0.1) is 0 Å². The first-order valence-electron chi connectivity index (χ1n) is 5.19. The zero-order chi connectivity index (χ0) is 14.0. The molecule has 19 heavy (non-hydrogen) atoms. The van der Waals surface area contributed by atoms with Crippen LogP contribution < -0.4 is 0 Å². The number of pyridine rings is 1. The van der Waals surface area contributed by atoms with Crippen LogP contribution in [0, 0.1) is 17.1 Å². The first kappa shape index (κ1) is 14.1. The van der Waals surface area contributed by atoms with Gasteiger partial charge in [0, 0.05) is 16.1 Å². The molecule has 0 saturated carbocycles. The number of rotatable bonds is 2. The third-order valence-electron chi connectivity index (χ3n) is 2.47. The van der Waals surface area contributed by atoms with Crippen molar-refractivity contribution in [3.05, 3.63) is 51.0 Å². The van der Waals surface area contributed by atoms with Crippen molar-refractivity contribution in [2.75, 3.05) is 0 Å². The van der Waals surface area contributed by atoms with E-state index in [1.807, 2.05) is 6.07 Å². The number of hydrogen-bond donors (Lipinski definition) is 0. The molecule has 0 bridgehead atoms. The molecule has 0 aliphatic carbocycles. The Morgan fingerprint density at radius 3 is 2.58 bits per heavy atom. The Morgan fingerprint density at radius 2 is 1.89 bits per heavy atom. The highest BCUT2D eigenvalue weighted by atomic mass is 35.5. The van der Waals surface area contributed by atoms with Crippen molar-refractivity contribution in [1.29, 1.82) is 5.26 Å². The van der Waals surface area contributed by atoms with Crippen molar-refractivity contribution >= 4 is 34.8 Å². The minimum atomic E-state index is -0.524. The Kier molecular flexibility index (Phi) is 4.26. The molecule has 0 amide bonds. The predicted molar refractivity (Wildman–Crippen MR) is 74.0 cm³/mol. The van der Waals surface area contributed by atoms with Crippen LogP contribution in [0.5, 0.6) is 0 Å². The largest absolute Gasteiger partial charge is 0.257 e. The van der Waals surface area contributed by atoms with E-state index in [0.717, 1.165) is 6.20 Å². The number of halogens is 4. The van der Waals surface area contributed by atoms with E-state index in [4.69, 9.17) is 40.1 Å². The number of nitrogens with zero attached hydrogens (tertiary/aromatic N) is 2. The summed E-state index contributed by atoms with van der Waals surface area (Å²) in [5.74, 6) is -0.524. The average Bonchev–Trinajstić information content (AvgIpc) is 2.36. The van der Waals surface area contributed by atoms with E-state index in [1.165, 1.54) is 12.1 Å². The highest BCUT2D eigenvalue weighted by Crippen LogP contribution is 2.37. The van der Waals surface area contributed by atoms with Crippen LogP contribution in [0.2, 0.25) is 15.1 Å². The summed E-state index contributed by atoms with van der Waals surface area (Å²) >= 11 is 18.0. The fourth-order valence-corrected chi connectivity index (χ4v) is 2.37. The molecule has 0 N–H and O–H groups in total. The van der Waals surface area contributed by atoms with E-state index in [0.29, 0.717) is 21.8 Å². The average molecular weight is 316 g/mol. The third kappa shape index (κ3) is 2.98. The van der Waals surface area contributed by atoms with E-state index >= 15 is 0 Å². The molecule has 0 aliphatic rings. The molecule has 96 valence electrons. The van der Waals surface area contributed by atoms with Crippen molar-refractivity contribution in [2.45, 2.75) is 6.42 Å². The van der Waals surface area contributed by atoms with Crippen LogP contribution in [0.4, 0.5) is 4.39 Å². The topological polar surface area (TPSA) is 36.7 Å². The molecule has 0 radical (unpaired) electrons. The van der Waals surface area contributed by atoms with Crippen LogP contribution in [0.3, 0.4) is 0 Å². The van der Waals surface area contributed by atoms with Crippen LogP contribution in [-0.4, -0.2) is 4.98 Å². The van der Waals surface area contributed by atoms with Gasteiger partial charge in [0.15, 0.2) is 0 Å². The minimum absolute atomic E-state index is 0.0378. The normalized spacial score (nSPS) is 10.3. The van der Waals surface area contributed by atoms with Gasteiger partial charge in [-0.25, -0.2) is 4.39 Å². The molecule has 1 heterocycles. The number of nitriles is 1. The highest BCUT2D eigenvalue weighted by molar-refractivity contribution is 6.45. The molecule has 0 spiro atoms. The predicted octanol–water partition coefficient (Wildman–Crippen LogP) is 4.91. The van der Waals surface area contributed by atoms with Gasteiger partial charge in [0.1, 0.15) is 5.82 Å². The molecular weight excluding hydrogens is 310 g/mol. The standard InChI is InChI=1S/C13H6Cl3FN2/c14-7-3-10(13(16)11(15)4-7)9-5-8(17)6-19-12(9)1-2-18/h3-6H,1H2. The van der Waals surface area contributed by atoms with E-state index in [2.05, 4.69) is 4.98 Å². The Morgan fingerprint density at radius 1 is 1.16 bits per heavy atom. The van der Waals surface area contributed by atoms with Gasteiger partial charge in [0.25, 0.3) is 0 Å². The molecule has 0 fully saturated rings.